The van der Waals surface area contributed by atoms with Crippen LogP contribution in [0, 0.1) is 20.8 Å². The Kier molecular flexibility index (Phi) is 3.35. The van der Waals surface area contributed by atoms with Gasteiger partial charge in [-0.2, -0.15) is 0 Å². The summed E-state index contributed by atoms with van der Waals surface area (Å²) >= 11 is 0. The molecule has 0 atom stereocenters. The van der Waals surface area contributed by atoms with Crippen molar-refractivity contribution < 1.29 is 9.52 Å². The second-order valence-corrected chi connectivity index (χ2v) is 3.25. The van der Waals surface area contributed by atoms with E-state index < -0.39 is 0 Å². The van der Waals surface area contributed by atoms with Crippen molar-refractivity contribution in [3.05, 3.63) is 23.1 Å². The Bertz CT molecular complexity index is 472. The molecule has 0 aliphatic carbocycles. The SMILES string of the molecule is CC.Cc1nc2c(C)c(O)c(C)cc2o1. The normalized spacial score (nSPS) is 9.93. The van der Waals surface area contributed by atoms with E-state index in [1.54, 1.807) is 13.0 Å². The first-order chi connectivity index (χ1) is 7.09. The van der Waals surface area contributed by atoms with E-state index in [1.807, 2.05) is 27.7 Å². The molecule has 1 N–H and O–H groups in total. The Hall–Kier alpha value is -1.51. The third-order valence-electron chi connectivity index (χ3n) is 2.19. The van der Waals surface area contributed by atoms with E-state index in [9.17, 15) is 5.11 Å². The fraction of sp³-hybridized carbons (Fsp3) is 0.417. The molecule has 3 heteroatoms. The van der Waals surface area contributed by atoms with Gasteiger partial charge in [0.1, 0.15) is 11.3 Å². The number of phenols is 1. The smallest absolute Gasteiger partial charge is 0.192 e. The number of rotatable bonds is 0. The van der Waals surface area contributed by atoms with Gasteiger partial charge in [-0.25, -0.2) is 4.98 Å². The van der Waals surface area contributed by atoms with E-state index in [2.05, 4.69) is 4.98 Å². The molecule has 2 aromatic rings. The highest BCUT2D eigenvalue weighted by atomic mass is 16.3. The highest BCUT2D eigenvalue weighted by Gasteiger charge is 2.10. The molecule has 15 heavy (non-hydrogen) atoms. The van der Waals surface area contributed by atoms with Crippen LogP contribution in [-0.2, 0) is 0 Å². The van der Waals surface area contributed by atoms with E-state index in [0.29, 0.717) is 11.6 Å². The maximum Gasteiger partial charge on any atom is 0.192 e. The molecule has 0 unspecified atom stereocenters. The van der Waals surface area contributed by atoms with Crippen molar-refractivity contribution in [2.75, 3.05) is 0 Å². The number of hydrogen-bond acceptors (Lipinski definition) is 3. The van der Waals surface area contributed by atoms with Gasteiger partial charge in [-0.15, -0.1) is 0 Å². The van der Waals surface area contributed by atoms with Crippen LogP contribution in [0.3, 0.4) is 0 Å². The minimum Gasteiger partial charge on any atom is -0.507 e. The molecule has 0 spiro atoms. The molecule has 0 aliphatic heterocycles. The van der Waals surface area contributed by atoms with Crippen LogP contribution in [0.4, 0.5) is 0 Å². The van der Waals surface area contributed by atoms with Crippen molar-refractivity contribution >= 4 is 11.1 Å². The summed E-state index contributed by atoms with van der Waals surface area (Å²) in [6.07, 6.45) is 0. The monoisotopic (exact) mass is 207 g/mol. The van der Waals surface area contributed by atoms with Crippen molar-refractivity contribution in [3.63, 3.8) is 0 Å². The van der Waals surface area contributed by atoms with Gasteiger partial charge in [0, 0.05) is 12.5 Å². The maximum absolute atomic E-state index is 9.63. The molecule has 82 valence electrons. The average molecular weight is 207 g/mol. The highest BCUT2D eigenvalue weighted by molar-refractivity contribution is 5.80. The molecular formula is C12H17NO2. The minimum absolute atomic E-state index is 0.306. The van der Waals surface area contributed by atoms with Crippen LogP contribution in [0.5, 0.6) is 5.75 Å². The fourth-order valence-corrected chi connectivity index (χ4v) is 1.48. The van der Waals surface area contributed by atoms with Crippen LogP contribution >= 0.6 is 0 Å². The standard InChI is InChI=1S/C10H11NO2.C2H6/c1-5-4-8-9(6(2)10(5)12)11-7(3)13-8;1-2/h4,12H,1-3H3;1-2H3. The van der Waals surface area contributed by atoms with Gasteiger partial charge in [-0.1, -0.05) is 13.8 Å². The van der Waals surface area contributed by atoms with Gasteiger partial charge in [0.2, 0.25) is 0 Å². The zero-order valence-electron chi connectivity index (χ0n) is 9.88. The van der Waals surface area contributed by atoms with Gasteiger partial charge >= 0.3 is 0 Å². The summed E-state index contributed by atoms with van der Waals surface area (Å²) in [6.45, 7) is 9.48. The number of aromatic hydroxyl groups is 1. The topological polar surface area (TPSA) is 46.3 Å². The highest BCUT2D eigenvalue weighted by Crippen LogP contribution is 2.29. The van der Waals surface area contributed by atoms with Gasteiger partial charge in [-0.05, 0) is 25.5 Å². The molecule has 1 heterocycles. The molecule has 2 rings (SSSR count). The molecule has 0 fully saturated rings. The second-order valence-electron chi connectivity index (χ2n) is 3.25. The first-order valence-electron chi connectivity index (χ1n) is 5.16. The third kappa shape index (κ3) is 1.96. The van der Waals surface area contributed by atoms with E-state index in [-0.39, 0.29) is 0 Å². The zero-order valence-corrected chi connectivity index (χ0v) is 9.88. The molecule has 0 amide bonds. The number of aryl methyl sites for hydroxylation is 3. The summed E-state index contributed by atoms with van der Waals surface area (Å²) < 4.78 is 5.36. The molecule has 0 saturated heterocycles. The summed E-state index contributed by atoms with van der Waals surface area (Å²) in [4.78, 5) is 4.19. The number of nitrogens with zero attached hydrogens (tertiary/aromatic N) is 1. The Labute approximate surface area is 89.8 Å². The van der Waals surface area contributed by atoms with E-state index in [4.69, 9.17) is 4.42 Å². The van der Waals surface area contributed by atoms with Crippen LogP contribution in [0.2, 0.25) is 0 Å². The lowest BCUT2D eigenvalue weighted by atomic mass is 10.1. The maximum atomic E-state index is 9.63. The van der Waals surface area contributed by atoms with Crippen molar-refractivity contribution in [2.45, 2.75) is 34.6 Å². The van der Waals surface area contributed by atoms with Crippen molar-refractivity contribution in [1.29, 1.82) is 0 Å². The lowest BCUT2D eigenvalue weighted by Gasteiger charge is -2.01. The molecule has 0 bridgehead atoms. The summed E-state index contributed by atoms with van der Waals surface area (Å²) in [6, 6.07) is 1.80. The number of aromatic nitrogens is 1. The molecule has 0 saturated carbocycles. The second kappa shape index (κ2) is 4.34. The first-order valence-corrected chi connectivity index (χ1v) is 5.16. The lowest BCUT2D eigenvalue weighted by molar-refractivity contribution is 0.467. The first kappa shape index (κ1) is 11.6. The quantitative estimate of drug-likeness (QED) is 0.719. The van der Waals surface area contributed by atoms with Gasteiger partial charge in [0.15, 0.2) is 11.5 Å². The molecule has 0 radical (unpaired) electrons. The number of hydrogen-bond donors (Lipinski definition) is 1. The van der Waals surface area contributed by atoms with Crippen molar-refractivity contribution in [1.82, 2.24) is 4.98 Å². The summed E-state index contributed by atoms with van der Waals surface area (Å²) in [5.74, 6) is 0.934. The Morgan fingerprint density at radius 3 is 2.40 bits per heavy atom. The lowest BCUT2D eigenvalue weighted by Crippen LogP contribution is -1.82. The van der Waals surface area contributed by atoms with Crippen LogP contribution in [0.25, 0.3) is 11.1 Å². The van der Waals surface area contributed by atoms with E-state index in [1.165, 1.54) is 0 Å². The largest absolute Gasteiger partial charge is 0.507 e. The zero-order chi connectivity index (χ0) is 11.6. The van der Waals surface area contributed by atoms with Crippen molar-refractivity contribution in [2.24, 2.45) is 0 Å². The molecular weight excluding hydrogens is 190 g/mol. The van der Waals surface area contributed by atoms with Gasteiger partial charge in [0.25, 0.3) is 0 Å². The van der Waals surface area contributed by atoms with E-state index in [0.717, 1.165) is 22.2 Å². The van der Waals surface area contributed by atoms with Crippen LogP contribution in [-0.4, -0.2) is 10.1 Å². The fourth-order valence-electron chi connectivity index (χ4n) is 1.48. The summed E-state index contributed by atoms with van der Waals surface area (Å²) in [5, 5.41) is 9.63. The van der Waals surface area contributed by atoms with Gasteiger partial charge < -0.3 is 9.52 Å². The molecule has 1 aromatic heterocycles. The Morgan fingerprint density at radius 2 is 1.80 bits per heavy atom. The van der Waals surface area contributed by atoms with E-state index >= 15 is 0 Å². The molecule has 1 aromatic carbocycles. The van der Waals surface area contributed by atoms with Crippen molar-refractivity contribution in [3.8, 4) is 5.75 Å². The summed E-state index contributed by atoms with van der Waals surface area (Å²) in [5.41, 5.74) is 3.10. The Morgan fingerprint density at radius 1 is 1.20 bits per heavy atom. The van der Waals surface area contributed by atoms with Gasteiger partial charge in [0.05, 0.1) is 0 Å². The predicted molar refractivity (Wildman–Crippen MR) is 61.2 cm³/mol. The third-order valence-corrected chi connectivity index (χ3v) is 2.19. The molecule has 3 nitrogen and oxygen atoms in total. The minimum atomic E-state index is 0.306. The van der Waals surface area contributed by atoms with Crippen LogP contribution in [0.1, 0.15) is 30.9 Å². The van der Waals surface area contributed by atoms with Crippen LogP contribution in [0.15, 0.2) is 10.5 Å². The van der Waals surface area contributed by atoms with Crippen LogP contribution < -0.4 is 0 Å². The predicted octanol–water partition coefficient (Wildman–Crippen LogP) is 3.48. The number of phenolic OH excluding ortho intramolecular Hbond substituents is 1. The van der Waals surface area contributed by atoms with Gasteiger partial charge in [-0.3, -0.25) is 0 Å². The number of benzene rings is 1. The summed E-state index contributed by atoms with van der Waals surface area (Å²) in [7, 11) is 0. The number of fused-ring (bicyclic) bond motifs is 1. The molecule has 0 aliphatic rings. The Balaban J connectivity index is 0.000000531. The average Bonchev–Trinajstić information content (AvgIpc) is 2.59. The number of oxazole rings is 1.